The van der Waals surface area contributed by atoms with Gasteiger partial charge < -0.3 is 24.4 Å². The molecule has 0 aliphatic carbocycles. The molecule has 1 unspecified atom stereocenters. The van der Waals surface area contributed by atoms with Gasteiger partial charge in [0, 0.05) is 11.1 Å². The lowest BCUT2D eigenvalue weighted by atomic mass is 9.91. The lowest BCUT2D eigenvalue weighted by Crippen LogP contribution is -2.61. The summed E-state index contributed by atoms with van der Waals surface area (Å²) in [5.74, 6) is -3.00. The van der Waals surface area contributed by atoms with Crippen molar-refractivity contribution >= 4 is 21.9 Å². The lowest BCUT2D eigenvalue weighted by molar-refractivity contribution is -0.314. The molecule has 2 N–H and O–H groups in total. The highest BCUT2D eigenvalue weighted by atomic mass is 79.9. The Morgan fingerprint density at radius 2 is 1.85 bits per heavy atom. The third-order valence-corrected chi connectivity index (χ3v) is 6.55. The van der Waals surface area contributed by atoms with Gasteiger partial charge in [0.2, 0.25) is 0 Å². The molecule has 0 spiro atoms. The first-order chi connectivity index (χ1) is 16.3. The highest BCUT2D eigenvalue weighted by Gasteiger charge is 2.53. The standard InChI is InChI=1S/C22H18BrF2N3O6/c23-16-12(24)6-11(7-13(16)25)14-8-28(27-26-14)17-18(29)20(21(30)31)33-15-9-32-22(34-19(15)17)10-4-2-1-3-5-10/h1-8,15,17-20,22,29H,9H2,(H,30,31)/t15-,17-,18-,19+,20-,22?/m1/s1. The quantitative estimate of drug-likeness (QED) is 0.488. The molecular formula is C22H18BrF2N3O6. The molecule has 178 valence electrons. The van der Waals surface area contributed by atoms with Gasteiger partial charge in [-0.2, -0.15) is 0 Å². The number of hydrogen-bond donors (Lipinski definition) is 2. The number of hydrogen-bond acceptors (Lipinski definition) is 7. The molecule has 0 saturated carbocycles. The van der Waals surface area contributed by atoms with E-state index in [9.17, 15) is 23.8 Å². The summed E-state index contributed by atoms with van der Waals surface area (Å²) in [6.45, 7) is 0.0158. The van der Waals surface area contributed by atoms with Gasteiger partial charge in [-0.25, -0.2) is 18.3 Å². The molecule has 2 aliphatic rings. The van der Waals surface area contributed by atoms with E-state index in [-0.39, 0.29) is 22.3 Å². The van der Waals surface area contributed by atoms with Crippen molar-refractivity contribution in [1.29, 1.82) is 0 Å². The van der Waals surface area contributed by atoms with Gasteiger partial charge >= 0.3 is 5.97 Å². The fourth-order valence-corrected chi connectivity index (χ4v) is 4.39. The number of carbonyl (C=O) groups is 1. The van der Waals surface area contributed by atoms with Crippen LogP contribution in [-0.4, -0.2) is 62.2 Å². The smallest absolute Gasteiger partial charge is 0.335 e. The van der Waals surface area contributed by atoms with Crippen LogP contribution >= 0.6 is 15.9 Å². The van der Waals surface area contributed by atoms with Crippen LogP contribution in [0.4, 0.5) is 8.78 Å². The summed E-state index contributed by atoms with van der Waals surface area (Å²) >= 11 is 2.82. The van der Waals surface area contributed by atoms with Crippen LogP contribution in [0.1, 0.15) is 17.9 Å². The second kappa shape index (κ2) is 9.12. The van der Waals surface area contributed by atoms with Crippen LogP contribution in [0.3, 0.4) is 0 Å². The summed E-state index contributed by atoms with van der Waals surface area (Å²) in [6.07, 6.45) is -4.20. The Balaban J connectivity index is 1.50. The van der Waals surface area contributed by atoms with Crippen molar-refractivity contribution in [2.45, 2.75) is 36.7 Å². The molecule has 2 fully saturated rings. The predicted molar refractivity (Wildman–Crippen MR) is 114 cm³/mol. The normalized spacial score (nSPS) is 28.9. The van der Waals surface area contributed by atoms with Crippen LogP contribution in [0, 0.1) is 11.6 Å². The van der Waals surface area contributed by atoms with E-state index < -0.39 is 54.4 Å². The second-order valence-corrected chi connectivity index (χ2v) is 8.72. The van der Waals surface area contributed by atoms with Crippen molar-refractivity contribution < 1.29 is 38.0 Å². The minimum atomic E-state index is -1.57. The number of aliphatic hydroxyl groups excluding tert-OH is 1. The third-order valence-electron chi connectivity index (χ3n) is 5.79. The number of nitrogens with zero attached hydrogens (tertiary/aromatic N) is 3. The number of aromatic nitrogens is 3. The van der Waals surface area contributed by atoms with Crippen molar-refractivity contribution in [3.63, 3.8) is 0 Å². The SMILES string of the molecule is O=C(O)[C@@H]1O[C@@H]2COC(c3ccccc3)O[C@@H]2[C@H](n2cc(-c3cc(F)c(Br)c(F)c3)nn2)[C@H]1O. The minimum Gasteiger partial charge on any atom is -0.479 e. The number of fused-ring (bicyclic) bond motifs is 1. The van der Waals surface area contributed by atoms with E-state index in [1.54, 1.807) is 0 Å². The van der Waals surface area contributed by atoms with Crippen LogP contribution < -0.4 is 0 Å². The van der Waals surface area contributed by atoms with Crippen LogP contribution in [0.15, 0.2) is 53.1 Å². The summed E-state index contributed by atoms with van der Waals surface area (Å²) in [5.41, 5.74) is 0.973. The molecule has 2 aliphatic heterocycles. The minimum absolute atomic E-state index is 0.0158. The van der Waals surface area contributed by atoms with Gasteiger partial charge in [-0.1, -0.05) is 35.5 Å². The van der Waals surface area contributed by atoms with E-state index >= 15 is 0 Å². The number of aliphatic carboxylic acids is 1. The molecule has 3 aromatic rings. The van der Waals surface area contributed by atoms with Gasteiger partial charge in [-0.05, 0) is 28.1 Å². The van der Waals surface area contributed by atoms with Crippen molar-refractivity contribution in [2.24, 2.45) is 0 Å². The van der Waals surface area contributed by atoms with Crippen LogP contribution in [0.5, 0.6) is 0 Å². The number of benzene rings is 2. The first kappa shape index (κ1) is 23.0. The molecule has 34 heavy (non-hydrogen) atoms. The number of ether oxygens (including phenoxy) is 3. The fraction of sp³-hybridized carbons (Fsp3) is 0.318. The monoisotopic (exact) mass is 537 g/mol. The Labute approximate surface area is 200 Å². The molecular weight excluding hydrogens is 520 g/mol. The zero-order valence-corrected chi connectivity index (χ0v) is 18.9. The van der Waals surface area contributed by atoms with Gasteiger partial charge in [-0.3, -0.25) is 0 Å². The number of carboxylic acids is 1. The number of rotatable bonds is 4. The molecule has 6 atom stereocenters. The molecule has 0 radical (unpaired) electrons. The van der Waals surface area contributed by atoms with E-state index in [0.717, 1.165) is 17.7 Å². The van der Waals surface area contributed by atoms with E-state index in [1.165, 1.54) is 10.9 Å². The zero-order chi connectivity index (χ0) is 24.0. The summed E-state index contributed by atoms with van der Waals surface area (Å²) in [7, 11) is 0. The Kier molecular flexibility index (Phi) is 6.16. The highest BCUT2D eigenvalue weighted by Crippen LogP contribution is 2.39. The maximum Gasteiger partial charge on any atom is 0.335 e. The van der Waals surface area contributed by atoms with Gasteiger partial charge in [0.15, 0.2) is 12.4 Å². The van der Waals surface area contributed by atoms with Crippen LogP contribution in [-0.2, 0) is 19.0 Å². The Morgan fingerprint density at radius 1 is 1.15 bits per heavy atom. The molecule has 9 nitrogen and oxygen atoms in total. The topological polar surface area (TPSA) is 116 Å². The maximum absolute atomic E-state index is 14.0. The molecule has 1 aromatic heterocycles. The fourth-order valence-electron chi connectivity index (χ4n) is 4.16. The highest BCUT2D eigenvalue weighted by molar-refractivity contribution is 9.10. The summed E-state index contributed by atoms with van der Waals surface area (Å²) in [6, 6.07) is 10.2. The van der Waals surface area contributed by atoms with Crippen LogP contribution in [0.25, 0.3) is 11.3 Å². The number of carboxylic acid groups (broad SMARTS) is 1. The number of halogens is 3. The van der Waals surface area contributed by atoms with Crippen molar-refractivity contribution in [3.8, 4) is 11.3 Å². The van der Waals surface area contributed by atoms with Crippen molar-refractivity contribution in [3.05, 3.63) is 70.3 Å². The average Bonchev–Trinajstić information content (AvgIpc) is 3.31. The lowest BCUT2D eigenvalue weighted by Gasteiger charge is -2.47. The molecule has 2 saturated heterocycles. The Hall–Kier alpha value is -2.77. The predicted octanol–water partition coefficient (Wildman–Crippen LogP) is 2.85. The largest absolute Gasteiger partial charge is 0.479 e. The second-order valence-electron chi connectivity index (χ2n) is 7.93. The van der Waals surface area contributed by atoms with Gasteiger partial charge in [-0.15, -0.1) is 5.10 Å². The average molecular weight is 538 g/mol. The van der Waals surface area contributed by atoms with E-state index in [1.807, 2.05) is 30.3 Å². The Morgan fingerprint density at radius 3 is 2.53 bits per heavy atom. The van der Waals surface area contributed by atoms with Crippen molar-refractivity contribution in [1.82, 2.24) is 15.0 Å². The summed E-state index contributed by atoms with van der Waals surface area (Å²) in [4.78, 5) is 11.7. The van der Waals surface area contributed by atoms with E-state index in [4.69, 9.17) is 14.2 Å². The summed E-state index contributed by atoms with van der Waals surface area (Å²) in [5, 5.41) is 28.5. The van der Waals surface area contributed by atoms with E-state index in [0.29, 0.717) is 0 Å². The van der Waals surface area contributed by atoms with E-state index in [2.05, 4.69) is 26.2 Å². The first-order valence-electron chi connectivity index (χ1n) is 10.3. The molecule has 2 aromatic carbocycles. The molecule has 3 heterocycles. The zero-order valence-electron chi connectivity index (χ0n) is 17.3. The van der Waals surface area contributed by atoms with Crippen LogP contribution in [0.2, 0.25) is 0 Å². The molecule has 5 rings (SSSR count). The Bertz CT molecular complexity index is 1190. The molecule has 0 bridgehead atoms. The van der Waals surface area contributed by atoms with Gasteiger partial charge in [0.1, 0.15) is 41.7 Å². The first-order valence-corrected chi connectivity index (χ1v) is 11.1. The number of aliphatic hydroxyl groups is 1. The third kappa shape index (κ3) is 4.12. The van der Waals surface area contributed by atoms with Crippen molar-refractivity contribution in [2.75, 3.05) is 6.61 Å². The summed E-state index contributed by atoms with van der Waals surface area (Å²) < 4.78 is 46.4. The molecule has 12 heteroatoms. The van der Waals surface area contributed by atoms with Gasteiger partial charge in [0.05, 0.1) is 17.3 Å². The molecule has 0 amide bonds. The van der Waals surface area contributed by atoms with Gasteiger partial charge in [0.25, 0.3) is 0 Å². The maximum atomic E-state index is 14.0.